The molecule has 1 rings (SSSR count). The molecule has 0 heterocycles. The van der Waals surface area contributed by atoms with Crippen molar-refractivity contribution < 1.29 is 5.11 Å². The Morgan fingerprint density at radius 1 is 1.54 bits per heavy atom. The van der Waals surface area contributed by atoms with Gasteiger partial charge in [-0.3, -0.25) is 0 Å². The second kappa shape index (κ2) is 5.03. The van der Waals surface area contributed by atoms with Gasteiger partial charge in [-0.2, -0.15) is 0 Å². The highest BCUT2D eigenvalue weighted by Gasteiger charge is 2.15. The second-order valence-corrected chi connectivity index (χ2v) is 3.53. The predicted octanol–water partition coefficient (Wildman–Crippen LogP) is 2.84. The molecule has 0 aromatic carbocycles. The van der Waals surface area contributed by atoms with Crippen LogP contribution in [0.1, 0.15) is 26.2 Å². The van der Waals surface area contributed by atoms with E-state index in [-0.39, 0.29) is 6.61 Å². The van der Waals surface area contributed by atoms with Crippen LogP contribution in [0.25, 0.3) is 0 Å². The first kappa shape index (κ1) is 10.3. The summed E-state index contributed by atoms with van der Waals surface area (Å²) in [5, 5.41) is 9.22. The summed E-state index contributed by atoms with van der Waals surface area (Å²) >= 11 is 0. The van der Waals surface area contributed by atoms with Gasteiger partial charge in [0.2, 0.25) is 0 Å². The van der Waals surface area contributed by atoms with Crippen molar-refractivity contribution in [3.05, 3.63) is 36.0 Å². The van der Waals surface area contributed by atoms with Crippen LogP contribution >= 0.6 is 0 Å². The minimum atomic E-state index is 0.243. The lowest BCUT2D eigenvalue weighted by molar-refractivity contribution is 0.239. The van der Waals surface area contributed by atoms with Gasteiger partial charge in [0.1, 0.15) is 0 Å². The van der Waals surface area contributed by atoms with Crippen LogP contribution in [0.15, 0.2) is 36.0 Å². The Morgan fingerprint density at radius 3 is 2.77 bits per heavy atom. The van der Waals surface area contributed by atoms with Gasteiger partial charge in [-0.1, -0.05) is 44.6 Å². The smallest absolute Gasteiger partial charge is 0.0499 e. The standard InChI is InChI=1S/C12H18O/c1-3-4-7-11(9-13)12-8-5-6-10(12)2/h5-6,8,11,13H,2-4,7,9H2,1H3. The van der Waals surface area contributed by atoms with E-state index in [0.717, 1.165) is 12.0 Å². The van der Waals surface area contributed by atoms with Gasteiger partial charge in [-0.05, 0) is 17.6 Å². The number of aliphatic hydroxyl groups excluding tert-OH is 1. The highest BCUT2D eigenvalue weighted by atomic mass is 16.3. The van der Waals surface area contributed by atoms with Crippen molar-refractivity contribution in [3.8, 4) is 0 Å². The van der Waals surface area contributed by atoms with Gasteiger partial charge in [0.15, 0.2) is 0 Å². The van der Waals surface area contributed by atoms with E-state index in [9.17, 15) is 5.11 Å². The molecule has 1 N–H and O–H groups in total. The highest BCUT2D eigenvalue weighted by Crippen LogP contribution is 2.27. The minimum Gasteiger partial charge on any atom is -0.396 e. The zero-order valence-electron chi connectivity index (χ0n) is 8.29. The number of rotatable bonds is 5. The monoisotopic (exact) mass is 178 g/mol. The van der Waals surface area contributed by atoms with E-state index in [1.807, 2.05) is 12.2 Å². The van der Waals surface area contributed by atoms with Crippen molar-refractivity contribution >= 4 is 0 Å². The highest BCUT2D eigenvalue weighted by molar-refractivity contribution is 5.47. The Kier molecular flexibility index (Phi) is 3.97. The number of hydrogen-bond acceptors (Lipinski definition) is 1. The maximum atomic E-state index is 9.22. The molecular weight excluding hydrogens is 160 g/mol. The molecule has 1 heteroatoms. The number of allylic oxidation sites excluding steroid dienone is 4. The van der Waals surface area contributed by atoms with Crippen LogP contribution in [0.3, 0.4) is 0 Å². The summed E-state index contributed by atoms with van der Waals surface area (Å²) in [5.74, 6) is 0.294. The molecule has 0 aromatic rings. The van der Waals surface area contributed by atoms with Crippen LogP contribution in [-0.2, 0) is 0 Å². The summed E-state index contributed by atoms with van der Waals surface area (Å²) in [4.78, 5) is 0. The van der Waals surface area contributed by atoms with E-state index in [2.05, 4.69) is 19.6 Å². The van der Waals surface area contributed by atoms with Crippen molar-refractivity contribution in [3.63, 3.8) is 0 Å². The summed E-state index contributed by atoms with van der Waals surface area (Å²) < 4.78 is 0. The molecule has 0 saturated carbocycles. The van der Waals surface area contributed by atoms with E-state index >= 15 is 0 Å². The molecule has 72 valence electrons. The van der Waals surface area contributed by atoms with Crippen LogP contribution in [0, 0.1) is 5.92 Å². The van der Waals surface area contributed by atoms with E-state index in [0.29, 0.717) is 5.92 Å². The molecule has 0 radical (unpaired) electrons. The van der Waals surface area contributed by atoms with Gasteiger partial charge in [0.25, 0.3) is 0 Å². The maximum absolute atomic E-state index is 9.22. The fourth-order valence-corrected chi connectivity index (χ4v) is 1.67. The van der Waals surface area contributed by atoms with Crippen LogP contribution < -0.4 is 0 Å². The summed E-state index contributed by atoms with van der Waals surface area (Å²) in [5.41, 5.74) is 2.28. The van der Waals surface area contributed by atoms with Gasteiger partial charge in [-0.15, -0.1) is 0 Å². The fraction of sp³-hybridized carbons (Fsp3) is 0.500. The van der Waals surface area contributed by atoms with Crippen molar-refractivity contribution in [2.75, 3.05) is 6.61 Å². The molecule has 1 nitrogen and oxygen atoms in total. The topological polar surface area (TPSA) is 20.2 Å². The third-order valence-electron chi connectivity index (χ3n) is 2.51. The zero-order valence-corrected chi connectivity index (χ0v) is 8.29. The third-order valence-corrected chi connectivity index (χ3v) is 2.51. The van der Waals surface area contributed by atoms with Gasteiger partial charge in [-0.25, -0.2) is 0 Å². The lowest BCUT2D eigenvalue weighted by Gasteiger charge is -2.16. The first-order valence-electron chi connectivity index (χ1n) is 4.98. The molecule has 1 aliphatic rings. The Morgan fingerprint density at radius 2 is 2.31 bits per heavy atom. The molecule has 13 heavy (non-hydrogen) atoms. The van der Waals surface area contributed by atoms with E-state index in [4.69, 9.17) is 0 Å². The molecular formula is C12H18O. The first-order chi connectivity index (χ1) is 6.29. The Labute approximate surface area is 80.5 Å². The van der Waals surface area contributed by atoms with Gasteiger partial charge in [0, 0.05) is 12.5 Å². The minimum absolute atomic E-state index is 0.243. The number of hydrogen-bond donors (Lipinski definition) is 1. The average molecular weight is 178 g/mol. The summed E-state index contributed by atoms with van der Waals surface area (Å²) in [6.07, 6.45) is 9.51. The van der Waals surface area contributed by atoms with Crippen LogP contribution in [-0.4, -0.2) is 11.7 Å². The second-order valence-electron chi connectivity index (χ2n) is 3.53. The molecule has 0 amide bonds. The molecule has 1 atom stereocenters. The lowest BCUT2D eigenvalue weighted by atomic mass is 9.91. The molecule has 0 spiro atoms. The molecule has 0 fully saturated rings. The average Bonchev–Trinajstić information content (AvgIpc) is 2.54. The third kappa shape index (κ3) is 2.56. The van der Waals surface area contributed by atoms with Gasteiger partial charge >= 0.3 is 0 Å². The van der Waals surface area contributed by atoms with E-state index < -0.39 is 0 Å². The van der Waals surface area contributed by atoms with Crippen LogP contribution in [0.5, 0.6) is 0 Å². The summed E-state index contributed by atoms with van der Waals surface area (Å²) in [7, 11) is 0. The van der Waals surface area contributed by atoms with Crippen LogP contribution in [0.2, 0.25) is 0 Å². The molecule has 1 unspecified atom stereocenters. The van der Waals surface area contributed by atoms with Crippen LogP contribution in [0.4, 0.5) is 0 Å². The maximum Gasteiger partial charge on any atom is 0.0499 e. The number of unbranched alkanes of at least 4 members (excludes halogenated alkanes) is 1. The lowest BCUT2D eigenvalue weighted by Crippen LogP contribution is -2.09. The molecule has 0 saturated heterocycles. The first-order valence-corrected chi connectivity index (χ1v) is 4.98. The van der Waals surface area contributed by atoms with E-state index in [1.54, 1.807) is 0 Å². The molecule has 0 aliphatic heterocycles. The van der Waals surface area contributed by atoms with Crippen molar-refractivity contribution in [1.29, 1.82) is 0 Å². The quantitative estimate of drug-likeness (QED) is 0.686. The Hall–Kier alpha value is -0.820. The SMILES string of the molecule is C=C1C=CC=C1C(CO)CCCC. The van der Waals surface area contributed by atoms with Gasteiger partial charge < -0.3 is 5.11 Å². The molecule has 0 aromatic heterocycles. The summed E-state index contributed by atoms with van der Waals surface area (Å²) in [6, 6.07) is 0. The molecule has 0 bridgehead atoms. The Bertz CT molecular complexity index is 236. The largest absolute Gasteiger partial charge is 0.396 e. The van der Waals surface area contributed by atoms with Crippen molar-refractivity contribution in [2.45, 2.75) is 26.2 Å². The molecule has 1 aliphatic carbocycles. The van der Waals surface area contributed by atoms with E-state index in [1.165, 1.54) is 18.4 Å². The van der Waals surface area contributed by atoms with Crippen molar-refractivity contribution in [2.24, 2.45) is 5.92 Å². The summed E-state index contributed by atoms with van der Waals surface area (Å²) in [6.45, 7) is 6.36. The number of aliphatic hydroxyl groups is 1. The Balaban J connectivity index is 2.52. The predicted molar refractivity (Wildman–Crippen MR) is 56.5 cm³/mol. The normalized spacial score (nSPS) is 17.7. The van der Waals surface area contributed by atoms with Crippen molar-refractivity contribution in [1.82, 2.24) is 0 Å². The van der Waals surface area contributed by atoms with Gasteiger partial charge in [0.05, 0.1) is 0 Å². The zero-order chi connectivity index (χ0) is 9.68. The fourth-order valence-electron chi connectivity index (χ4n) is 1.67.